The number of carbonyl (C=O) groups excluding carboxylic acids is 1. The molecule has 1 fully saturated rings. The molecule has 1 aliphatic heterocycles. The first-order valence-corrected chi connectivity index (χ1v) is 6.17. The molecule has 0 aromatic rings. The molecule has 0 bridgehead atoms. The van der Waals surface area contributed by atoms with E-state index in [-0.39, 0.29) is 5.91 Å². The lowest BCUT2D eigenvalue weighted by molar-refractivity contribution is -0.125. The van der Waals surface area contributed by atoms with Gasteiger partial charge >= 0.3 is 0 Å². The Labute approximate surface area is 94.4 Å². The van der Waals surface area contributed by atoms with Crippen LogP contribution in [-0.4, -0.2) is 42.0 Å². The normalized spacial score (nSPS) is 18.7. The summed E-state index contributed by atoms with van der Waals surface area (Å²) in [6, 6.07) is 0.596. The van der Waals surface area contributed by atoms with E-state index in [4.69, 9.17) is 0 Å². The Morgan fingerprint density at radius 3 is 2.27 bits per heavy atom. The number of carbonyl (C=O) groups is 1. The van der Waals surface area contributed by atoms with Gasteiger partial charge in [0.2, 0.25) is 5.91 Å². The first-order chi connectivity index (χ1) is 7.19. The fourth-order valence-electron chi connectivity index (χ4n) is 1.92. The number of rotatable bonds is 4. The van der Waals surface area contributed by atoms with Gasteiger partial charge in [0.05, 0.1) is 13.2 Å². The van der Waals surface area contributed by atoms with E-state index in [0.717, 1.165) is 13.1 Å². The first-order valence-electron chi connectivity index (χ1n) is 6.17. The summed E-state index contributed by atoms with van der Waals surface area (Å²) < 4.78 is 0. The molecule has 0 aromatic heterocycles. The molecule has 0 spiro atoms. The lowest BCUT2D eigenvalue weighted by Gasteiger charge is -2.24. The van der Waals surface area contributed by atoms with Crippen LogP contribution in [-0.2, 0) is 4.79 Å². The lowest BCUT2D eigenvalue weighted by atomic mass is 10.1. The zero-order valence-corrected chi connectivity index (χ0v) is 10.9. The number of nitrogens with zero attached hydrogens (tertiary/aromatic N) is 2. The Balaban J connectivity index is 0.000000921. The summed E-state index contributed by atoms with van der Waals surface area (Å²) in [4.78, 5) is 15.4. The minimum Gasteiger partial charge on any atom is -0.332 e. The monoisotopic (exact) mass is 214 g/mol. The van der Waals surface area contributed by atoms with Crippen molar-refractivity contribution in [2.24, 2.45) is 0 Å². The molecule has 0 saturated carbocycles. The predicted octanol–water partition coefficient (Wildman–Crippen LogP) is 2.32. The van der Waals surface area contributed by atoms with Gasteiger partial charge in [0, 0.05) is 13.1 Å². The van der Waals surface area contributed by atoms with Gasteiger partial charge in [-0.25, -0.2) is 0 Å². The quantitative estimate of drug-likeness (QED) is 0.717. The van der Waals surface area contributed by atoms with Crippen molar-refractivity contribution < 1.29 is 4.79 Å². The summed E-state index contributed by atoms with van der Waals surface area (Å²) in [6.07, 6.45) is 3.56. The molecule has 1 saturated heterocycles. The Kier molecular flexibility index (Phi) is 7.39. The molecule has 1 heterocycles. The second-order valence-corrected chi connectivity index (χ2v) is 3.83. The minimum atomic E-state index is 0.259. The topological polar surface area (TPSA) is 23.6 Å². The highest BCUT2D eigenvalue weighted by molar-refractivity contribution is 5.79. The Bertz CT molecular complexity index is 182. The van der Waals surface area contributed by atoms with Gasteiger partial charge in [0.25, 0.3) is 0 Å². The van der Waals surface area contributed by atoms with Gasteiger partial charge in [-0.3, -0.25) is 9.69 Å². The van der Waals surface area contributed by atoms with Crippen LogP contribution in [0.25, 0.3) is 0 Å². The smallest absolute Gasteiger partial charge is 0.237 e. The van der Waals surface area contributed by atoms with Crippen molar-refractivity contribution >= 4 is 5.91 Å². The van der Waals surface area contributed by atoms with Crippen LogP contribution >= 0.6 is 0 Å². The van der Waals surface area contributed by atoms with Crippen LogP contribution in [0, 0.1) is 0 Å². The van der Waals surface area contributed by atoms with Crippen LogP contribution in [0.3, 0.4) is 0 Å². The molecule has 0 aliphatic carbocycles. The van der Waals surface area contributed by atoms with Crippen LogP contribution in [0.2, 0.25) is 0 Å². The third kappa shape index (κ3) is 4.20. The van der Waals surface area contributed by atoms with Crippen molar-refractivity contribution in [1.29, 1.82) is 0 Å². The van der Waals surface area contributed by atoms with E-state index in [1.54, 1.807) is 4.90 Å². The average molecular weight is 214 g/mol. The average Bonchev–Trinajstić information content (AvgIpc) is 2.58. The van der Waals surface area contributed by atoms with E-state index in [9.17, 15) is 4.79 Å². The Morgan fingerprint density at radius 1 is 1.33 bits per heavy atom. The maximum atomic E-state index is 11.3. The van der Waals surface area contributed by atoms with Gasteiger partial charge in [0.1, 0.15) is 0 Å². The molecule has 0 N–H and O–H groups in total. The van der Waals surface area contributed by atoms with Gasteiger partial charge in [0.15, 0.2) is 0 Å². The molecule has 1 atom stereocenters. The van der Waals surface area contributed by atoms with E-state index in [1.807, 2.05) is 20.9 Å². The van der Waals surface area contributed by atoms with E-state index in [1.165, 1.54) is 12.8 Å². The molecule has 0 radical (unpaired) electrons. The highest BCUT2D eigenvalue weighted by Gasteiger charge is 2.28. The van der Waals surface area contributed by atoms with Crippen LogP contribution in [0.5, 0.6) is 0 Å². The number of hydrogen-bond donors (Lipinski definition) is 0. The third-order valence-electron chi connectivity index (χ3n) is 2.77. The molecule has 90 valence electrons. The summed E-state index contributed by atoms with van der Waals surface area (Å²) >= 11 is 0. The number of likely N-dealkylation sites (N-methyl/N-ethyl adjacent to an activating group) is 1. The van der Waals surface area contributed by atoms with E-state index in [2.05, 4.69) is 18.7 Å². The number of hydrogen-bond acceptors (Lipinski definition) is 2. The first kappa shape index (κ1) is 14.4. The van der Waals surface area contributed by atoms with Crippen LogP contribution < -0.4 is 0 Å². The van der Waals surface area contributed by atoms with Crippen molar-refractivity contribution in [2.75, 3.05) is 20.3 Å². The fraction of sp³-hybridized carbons (Fsp3) is 0.917. The third-order valence-corrected chi connectivity index (χ3v) is 2.77. The van der Waals surface area contributed by atoms with E-state index < -0.39 is 0 Å². The van der Waals surface area contributed by atoms with Crippen LogP contribution in [0.1, 0.15) is 47.0 Å². The molecule has 3 nitrogen and oxygen atoms in total. The van der Waals surface area contributed by atoms with E-state index >= 15 is 0 Å². The zero-order chi connectivity index (χ0) is 11.8. The highest BCUT2D eigenvalue weighted by atomic mass is 16.2. The molecule has 15 heavy (non-hydrogen) atoms. The Morgan fingerprint density at radius 2 is 1.93 bits per heavy atom. The lowest BCUT2D eigenvalue weighted by Crippen LogP contribution is -2.33. The highest BCUT2D eigenvalue weighted by Crippen LogP contribution is 2.15. The van der Waals surface area contributed by atoms with Gasteiger partial charge in [-0.05, 0) is 12.8 Å². The molecule has 1 amide bonds. The largest absolute Gasteiger partial charge is 0.332 e. The van der Waals surface area contributed by atoms with Gasteiger partial charge in [-0.1, -0.05) is 34.1 Å². The number of amides is 1. The van der Waals surface area contributed by atoms with Gasteiger partial charge in [-0.2, -0.15) is 0 Å². The van der Waals surface area contributed by atoms with Crippen molar-refractivity contribution in [2.45, 2.75) is 53.0 Å². The summed E-state index contributed by atoms with van der Waals surface area (Å²) in [5.74, 6) is 0.259. The Hall–Kier alpha value is -0.570. The van der Waals surface area contributed by atoms with Crippen LogP contribution in [0.4, 0.5) is 0 Å². The molecule has 1 rings (SSSR count). The molecular weight excluding hydrogens is 188 g/mol. The van der Waals surface area contributed by atoms with Crippen molar-refractivity contribution in [3.05, 3.63) is 0 Å². The molecule has 3 heteroatoms. The second kappa shape index (κ2) is 7.69. The minimum absolute atomic E-state index is 0.259. The van der Waals surface area contributed by atoms with E-state index in [0.29, 0.717) is 12.6 Å². The standard InChI is InChI=1S/C10H20N2O.C2H6/c1-4-6-9(5-2)12-7-10(13)11(3)8-12;1-2/h9H,4-8H2,1-3H3;1-2H3. The second-order valence-electron chi connectivity index (χ2n) is 3.83. The molecule has 0 aromatic carbocycles. The van der Waals surface area contributed by atoms with Gasteiger partial charge < -0.3 is 4.90 Å². The summed E-state index contributed by atoms with van der Waals surface area (Å²) in [6.45, 7) is 9.83. The zero-order valence-electron chi connectivity index (χ0n) is 10.9. The predicted molar refractivity (Wildman–Crippen MR) is 64.7 cm³/mol. The van der Waals surface area contributed by atoms with Crippen molar-refractivity contribution in [3.63, 3.8) is 0 Å². The molecule has 1 unspecified atom stereocenters. The summed E-state index contributed by atoms with van der Waals surface area (Å²) in [5.41, 5.74) is 0. The summed E-state index contributed by atoms with van der Waals surface area (Å²) in [5, 5.41) is 0. The van der Waals surface area contributed by atoms with Gasteiger partial charge in [-0.15, -0.1) is 0 Å². The fourth-order valence-corrected chi connectivity index (χ4v) is 1.92. The van der Waals surface area contributed by atoms with Crippen molar-refractivity contribution in [1.82, 2.24) is 9.80 Å². The summed E-state index contributed by atoms with van der Waals surface area (Å²) in [7, 11) is 1.88. The maximum Gasteiger partial charge on any atom is 0.237 e. The molecule has 1 aliphatic rings. The SMILES string of the molecule is CC.CCCC(CC)N1CC(=O)N(C)C1. The maximum absolute atomic E-state index is 11.3. The van der Waals surface area contributed by atoms with Crippen LogP contribution in [0.15, 0.2) is 0 Å². The van der Waals surface area contributed by atoms with Crippen molar-refractivity contribution in [3.8, 4) is 0 Å². The molecular formula is C12H26N2O.